The Morgan fingerprint density at radius 1 is 1.11 bits per heavy atom. The summed E-state index contributed by atoms with van der Waals surface area (Å²) in [6.07, 6.45) is 1.24. The molecule has 0 bridgehead atoms. The van der Waals surface area contributed by atoms with Crippen molar-refractivity contribution in [3.8, 4) is 17.2 Å². The van der Waals surface area contributed by atoms with Crippen molar-refractivity contribution in [2.45, 2.75) is 0 Å². The highest BCUT2D eigenvalue weighted by atomic mass is 35.5. The minimum atomic E-state index is -0.724. The second kappa shape index (κ2) is 7.67. The zero-order valence-electron chi connectivity index (χ0n) is 14.7. The largest absolute Gasteiger partial charge is 0.493 e. The van der Waals surface area contributed by atoms with E-state index in [-0.39, 0.29) is 22.2 Å². The van der Waals surface area contributed by atoms with Gasteiger partial charge in [0.1, 0.15) is 5.82 Å². The quantitative estimate of drug-likeness (QED) is 0.572. The number of halogens is 2. The maximum Gasteiger partial charge on any atom is 0.363 e. The minimum absolute atomic E-state index is 0.0259. The van der Waals surface area contributed by atoms with Gasteiger partial charge in [-0.05, 0) is 30.3 Å². The molecule has 0 N–H and O–H groups in total. The molecule has 3 rings (SSSR count). The summed E-state index contributed by atoms with van der Waals surface area (Å²) in [6.45, 7) is 0. The van der Waals surface area contributed by atoms with Gasteiger partial charge in [0.2, 0.25) is 11.6 Å². The van der Waals surface area contributed by atoms with Crippen LogP contribution in [0.3, 0.4) is 0 Å². The maximum atomic E-state index is 14.0. The van der Waals surface area contributed by atoms with E-state index in [0.29, 0.717) is 22.8 Å². The van der Waals surface area contributed by atoms with E-state index in [1.807, 2.05) is 0 Å². The molecule has 0 saturated heterocycles. The third-order valence-corrected chi connectivity index (χ3v) is 4.14. The molecule has 2 aromatic carbocycles. The van der Waals surface area contributed by atoms with Crippen LogP contribution >= 0.6 is 11.6 Å². The lowest BCUT2D eigenvalue weighted by atomic mass is 10.1. The van der Waals surface area contributed by atoms with Crippen LogP contribution in [0.25, 0.3) is 6.08 Å². The van der Waals surface area contributed by atoms with Gasteiger partial charge in [-0.25, -0.2) is 14.2 Å². The standard InChI is InChI=1S/C19H15ClFNO5/c1-24-15-7-10(8-16(25-2)17(15)26-3)18-22-14(19(23)27-18)9-11-12(20)5-4-6-13(11)21/h4-9H,1-3H3. The van der Waals surface area contributed by atoms with Crippen LogP contribution in [0, 0.1) is 5.82 Å². The number of hydrogen-bond acceptors (Lipinski definition) is 6. The summed E-state index contributed by atoms with van der Waals surface area (Å²) in [5.74, 6) is -0.127. The second-order valence-corrected chi connectivity index (χ2v) is 5.79. The van der Waals surface area contributed by atoms with Gasteiger partial charge in [-0.3, -0.25) is 0 Å². The Bertz CT molecular complexity index is 925. The molecule has 0 spiro atoms. The highest BCUT2D eigenvalue weighted by molar-refractivity contribution is 6.32. The van der Waals surface area contributed by atoms with E-state index in [2.05, 4.69) is 4.99 Å². The molecule has 1 aliphatic heterocycles. The third kappa shape index (κ3) is 3.59. The number of cyclic esters (lactones) is 1. The molecule has 0 saturated carbocycles. The van der Waals surface area contributed by atoms with Crippen LogP contribution in [0.2, 0.25) is 5.02 Å². The molecule has 1 aliphatic rings. The zero-order chi connectivity index (χ0) is 19.6. The van der Waals surface area contributed by atoms with Crippen molar-refractivity contribution in [1.29, 1.82) is 0 Å². The summed E-state index contributed by atoms with van der Waals surface area (Å²) >= 11 is 5.99. The molecule has 27 heavy (non-hydrogen) atoms. The van der Waals surface area contributed by atoms with Crippen molar-refractivity contribution in [2.24, 2.45) is 4.99 Å². The van der Waals surface area contributed by atoms with Gasteiger partial charge in [0.25, 0.3) is 0 Å². The average Bonchev–Trinajstić information content (AvgIpc) is 3.04. The molecule has 2 aromatic rings. The van der Waals surface area contributed by atoms with Gasteiger partial charge in [-0.15, -0.1) is 0 Å². The number of ether oxygens (including phenoxy) is 4. The van der Waals surface area contributed by atoms with Gasteiger partial charge in [0, 0.05) is 11.1 Å². The number of benzene rings is 2. The van der Waals surface area contributed by atoms with Crippen LogP contribution in [0.1, 0.15) is 11.1 Å². The molecule has 0 radical (unpaired) electrons. The first-order valence-corrected chi connectivity index (χ1v) is 8.13. The van der Waals surface area contributed by atoms with Crippen molar-refractivity contribution < 1.29 is 28.1 Å². The summed E-state index contributed by atoms with van der Waals surface area (Å²) in [7, 11) is 4.41. The van der Waals surface area contributed by atoms with E-state index in [1.54, 1.807) is 12.1 Å². The number of rotatable bonds is 5. The Morgan fingerprint density at radius 3 is 2.33 bits per heavy atom. The molecule has 0 unspecified atom stereocenters. The van der Waals surface area contributed by atoms with E-state index in [0.717, 1.165) is 0 Å². The maximum absolute atomic E-state index is 14.0. The van der Waals surface area contributed by atoms with E-state index in [9.17, 15) is 9.18 Å². The van der Waals surface area contributed by atoms with E-state index in [1.165, 1.54) is 45.6 Å². The van der Waals surface area contributed by atoms with E-state index >= 15 is 0 Å². The second-order valence-electron chi connectivity index (χ2n) is 5.39. The first kappa shape index (κ1) is 18.7. The number of carbonyl (C=O) groups is 1. The fourth-order valence-corrected chi connectivity index (χ4v) is 2.74. The van der Waals surface area contributed by atoms with Crippen molar-refractivity contribution in [3.63, 3.8) is 0 Å². The Kier molecular flexibility index (Phi) is 5.32. The first-order valence-electron chi connectivity index (χ1n) is 7.75. The Morgan fingerprint density at radius 2 is 1.78 bits per heavy atom. The number of aliphatic imine (C=N–C) groups is 1. The number of esters is 1. The molecule has 0 atom stereocenters. The number of nitrogens with zero attached hydrogens (tertiary/aromatic N) is 1. The van der Waals surface area contributed by atoms with Gasteiger partial charge in [0.05, 0.1) is 26.4 Å². The lowest BCUT2D eigenvalue weighted by Gasteiger charge is -2.13. The normalized spacial score (nSPS) is 14.8. The fraction of sp³-hybridized carbons (Fsp3) is 0.158. The van der Waals surface area contributed by atoms with E-state index in [4.69, 9.17) is 30.5 Å². The number of methoxy groups -OCH3 is 3. The number of hydrogen-bond donors (Lipinski definition) is 0. The summed E-state index contributed by atoms with van der Waals surface area (Å²) in [5.41, 5.74) is 0.410. The third-order valence-electron chi connectivity index (χ3n) is 3.81. The molecular weight excluding hydrogens is 377 g/mol. The summed E-state index contributed by atoms with van der Waals surface area (Å²) < 4.78 is 35.0. The molecule has 6 nitrogen and oxygen atoms in total. The molecule has 8 heteroatoms. The lowest BCUT2D eigenvalue weighted by Crippen LogP contribution is -2.07. The smallest absolute Gasteiger partial charge is 0.363 e. The van der Waals surface area contributed by atoms with Crippen LogP contribution in [0.4, 0.5) is 4.39 Å². The van der Waals surface area contributed by atoms with Gasteiger partial charge in [-0.2, -0.15) is 0 Å². The Balaban J connectivity index is 2.05. The summed E-state index contributed by atoms with van der Waals surface area (Å²) in [6, 6.07) is 7.40. The summed E-state index contributed by atoms with van der Waals surface area (Å²) in [5, 5.41) is 0.159. The zero-order valence-corrected chi connectivity index (χ0v) is 15.5. The van der Waals surface area contributed by atoms with Crippen molar-refractivity contribution in [2.75, 3.05) is 21.3 Å². The van der Waals surface area contributed by atoms with Crippen molar-refractivity contribution in [3.05, 3.63) is 58.0 Å². The highest BCUT2D eigenvalue weighted by Gasteiger charge is 2.27. The SMILES string of the molecule is COc1cc(C2=NC(=Cc3c(F)cccc3Cl)C(=O)O2)cc(OC)c1OC. The topological polar surface area (TPSA) is 66.4 Å². The van der Waals surface area contributed by atoms with Crippen molar-refractivity contribution in [1.82, 2.24) is 0 Å². The summed E-state index contributed by atoms with van der Waals surface area (Å²) in [4.78, 5) is 16.3. The van der Waals surface area contributed by atoms with Gasteiger partial charge in [0.15, 0.2) is 17.2 Å². The lowest BCUT2D eigenvalue weighted by molar-refractivity contribution is -0.129. The monoisotopic (exact) mass is 391 g/mol. The van der Waals surface area contributed by atoms with Crippen LogP contribution < -0.4 is 14.2 Å². The average molecular weight is 392 g/mol. The van der Waals surface area contributed by atoms with Gasteiger partial charge < -0.3 is 18.9 Å². The van der Waals surface area contributed by atoms with Crippen LogP contribution in [0.15, 0.2) is 41.0 Å². The predicted octanol–water partition coefficient (Wildman–Crippen LogP) is 3.85. The molecule has 0 aromatic heterocycles. The Hall–Kier alpha value is -3.06. The molecule has 0 amide bonds. The minimum Gasteiger partial charge on any atom is -0.493 e. The van der Waals surface area contributed by atoms with E-state index < -0.39 is 11.8 Å². The van der Waals surface area contributed by atoms with Gasteiger partial charge in [-0.1, -0.05) is 17.7 Å². The molecule has 1 heterocycles. The fourth-order valence-electron chi connectivity index (χ4n) is 2.52. The highest BCUT2D eigenvalue weighted by Crippen LogP contribution is 2.39. The number of carbonyl (C=O) groups excluding carboxylic acids is 1. The molecule has 0 fully saturated rings. The van der Waals surface area contributed by atoms with Crippen LogP contribution in [-0.4, -0.2) is 33.2 Å². The first-order chi connectivity index (χ1) is 13.0. The Labute approximate surface area is 159 Å². The van der Waals surface area contributed by atoms with Crippen molar-refractivity contribution >= 4 is 29.5 Å². The van der Waals surface area contributed by atoms with Crippen LogP contribution in [0.5, 0.6) is 17.2 Å². The van der Waals surface area contributed by atoms with Crippen LogP contribution in [-0.2, 0) is 9.53 Å². The molecule has 140 valence electrons. The molecule has 0 aliphatic carbocycles. The van der Waals surface area contributed by atoms with Gasteiger partial charge >= 0.3 is 5.97 Å². The molecular formula is C19H15ClFNO5. The predicted molar refractivity (Wildman–Crippen MR) is 98.1 cm³/mol.